The topological polar surface area (TPSA) is 18.5 Å². The molecule has 0 saturated heterocycles. The third-order valence-corrected chi connectivity index (χ3v) is 2.45. The maximum atomic E-state index is 5.83. The molecule has 0 N–H and O–H groups in total. The summed E-state index contributed by atoms with van der Waals surface area (Å²) in [5, 5.41) is 0. The van der Waals surface area contributed by atoms with Crippen LogP contribution in [0.3, 0.4) is 0 Å². The molecule has 0 aliphatic heterocycles. The molecule has 0 aliphatic rings. The molecule has 0 unspecified atom stereocenters. The fourth-order valence-corrected chi connectivity index (χ4v) is 1.49. The van der Waals surface area contributed by atoms with E-state index in [0.717, 1.165) is 30.3 Å². The Morgan fingerprint density at radius 3 is 2.17 bits per heavy atom. The maximum absolute atomic E-state index is 5.83. The second-order valence-electron chi connectivity index (χ2n) is 5.40. The van der Waals surface area contributed by atoms with Gasteiger partial charge in [-0.25, -0.2) is 0 Å². The molecule has 0 aromatic heterocycles. The van der Waals surface area contributed by atoms with Crippen molar-refractivity contribution < 1.29 is 9.47 Å². The number of hydrogen-bond donors (Lipinski definition) is 0. The van der Waals surface area contributed by atoms with Gasteiger partial charge in [-0.1, -0.05) is 40.7 Å². The Balaban J connectivity index is 2.74. The van der Waals surface area contributed by atoms with E-state index in [4.69, 9.17) is 9.47 Å². The molecule has 2 heteroatoms. The van der Waals surface area contributed by atoms with Crippen LogP contribution in [-0.2, 0) is 0 Å². The van der Waals surface area contributed by atoms with Crippen LogP contribution in [0.1, 0.15) is 40.2 Å². The van der Waals surface area contributed by atoms with Gasteiger partial charge in [-0.2, -0.15) is 0 Å². The van der Waals surface area contributed by atoms with Crippen molar-refractivity contribution in [2.75, 3.05) is 13.2 Å². The van der Waals surface area contributed by atoms with E-state index < -0.39 is 0 Å². The first-order valence-electron chi connectivity index (χ1n) is 6.72. The average molecular weight is 249 g/mol. The lowest BCUT2D eigenvalue weighted by molar-refractivity contribution is 0.257. The van der Waals surface area contributed by atoms with Crippen LogP contribution >= 0.6 is 0 Å². The molecule has 0 spiro atoms. The fraction of sp³-hybridized carbons (Fsp3) is 0.562. The van der Waals surface area contributed by atoms with Crippen LogP contribution in [0, 0.1) is 18.3 Å². The standard InChI is InChI=1S/C16H25O2/c1-6-14-7-8-15(17-10-12(2)3)9-16(14)18-11-13(4)5/h6-9,12-13H,10-11H2,1-5H3. The monoisotopic (exact) mass is 249 g/mol. The fourth-order valence-electron chi connectivity index (χ4n) is 1.49. The SMILES string of the molecule is C[CH]c1ccc(OCC(C)C)cc1OCC(C)C. The third kappa shape index (κ3) is 4.99. The highest BCUT2D eigenvalue weighted by atomic mass is 16.5. The summed E-state index contributed by atoms with van der Waals surface area (Å²) in [5.74, 6) is 2.85. The van der Waals surface area contributed by atoms with E-state index in [0.29, 0.717) is 11.8 Å². The molecule has 0 heterocycles. The lowest BCUT2D eigenvalue weighted by Gasteiger charge is -2.15. The smallest absolute Gasteiger partial charge is 0.126 e. The Bertz CT molecular complexity index is 356. The molecule has 0 amide bonds. The predicted molar refractivity (Wildman–Crippen MR) is 76.2 cm³/mol. The molecule has 0 saturated carbocycles. The summed E-state index contributed by atoms with van der Waals surface area (Å²) in [4.78, 5) is 0. The molecule has 18 heavy (non-hydrogen) atoms. The molecular weight excluding hydrogens is 224 g/mol. The van der Waals surface area contributed by atoms with Crippen LogP contribution in [0.2, 0.25) is 0 Å². The second-order valence-corrected chi connectivity index (χ2v) is 5.40. The highest BCUT2D eigenvalue weighted by Crippen LogP contribution is 2.26. The van der Waals surface area contributed by atoms with E-state index >= 15 is 0 Å². The number of ether oxygens (including phenoxy) is 2. The molecule has 0 aliphatic carbocycles. The third-order valence-electron chi connectivity index (χ3n) is 2.45. The summed E-state index contributed by atoms with van der Waals surface area (Å²) in [6, 6.07) is 6.03. The van der Waals surface area contributed by atoms with Gasteiger partial charge in [0.1, 0.15) is 11.5 Å². The molecule has 1 radical (unpaired) electrons. The minimum Gasteiger partial charge on any atom is -0.493 e. The van der Waals surface area contributed by atoms with E-state index in [1.54, 1.807) is 0 Å². The zero-order valence-corrected chi connectivity index (χ0v) is 12.2. The first kappa shape index (κ1) is 14.9. The van der Waals surface area contributed by atoms with Gasteiger partial charge in [0.2, 0.25) is 0 Å². The largest absolute Gasteiger partial charge is 0.493 e. The van der Waals surface area contributed by atoms with Crippen molar-refractivity contribution >= 4 is 0 Å². The molecule has 0 fully saturated rings. The highest BCUT2D eigenvalue weighted by Gasteiger charge is 2.06. The second kappa shape index (κ2) is 7.30. The van der Waals surface area contributed by atoms with Gasteiger partial charge in [0.05, 0.1) is 13.2 Å². The first-order valence-corrected chi connectivity index (χ1v) is 6.72. The lowest BCUT2D eigenvalue weighted by Crippen LogP contribution is -2.07. The average Bonchev–Trinajstić information content (AvgIpc) is 2.33. The van der Waals surface area contributed by atoms with Crippen molar-refractivity contribution in [2.45, 2.75) is 34.6 Å². The summed E-state index contributed by atoms with van der Waals surface area (Å²) < 4.78 is 11.5. The molecule has 1 aromatic rings. The van der Waals surface area contributed by atoms with Crippen molar-refractivity contribution in [3.63, 3.8) is 0 Å². The Hall–Kier alpha value is -1.18. The van der Waals surface area contributed by atoms with Crippen molar-refractivity contribution in [2.24, 2.45) is 11.8 Å². The minimum absolute atomic E-state index is 0.523. The van der Waals surface area contributed by atoms with Gasteiger partial charge in [-0.15, -0.1) is 0 Å². The van der Waals surface area contributed by atoms with E-state index in [1.807, 2.05) is 25.1 Å². The van der Waals surface area contributed by atoms with Crippen LogP contribution in [0.4, 0.5) is 0 Å². The number of hydrogen-bond acceptors (Lipinski definition) is 2. The van der Waals surface area contributed by atoms with E-state index in [1.165, 1.54) is 0 Å². The summed E-state index contributed by atoms with van der Waals surface area (Å²) in [6.45, 7) is 12.1. The Morgan fingerprint density at radius 1 is 1.00 bits per heavy atom. The quantitative estimate of drug-likeness (QED) is 0.716. The van der Waals surface area contributed by atoms with E-state index in [2.05, 4.69) is 34.1 Å². The summed E-state index contributed by atoms with van der Waals surface area (Å²) in [6.07, 6.45) is 2.06. The first-order chi connectivity index (χ1) is 8.52. The number of benzene rings is 1. The van der Waals surface area contributed by atoms with Crippen LogP contribution in [-0.4, -0.2) is 13.2 Å². The van der Waals surface area contributed by atoms with Gasteiger partial charge in [-0.05, 0) is 29.9 Å². The summed E-state index contributed by atoms with van der Waals surface area (Å²) >= 11 is 0. The number of rotatable bonds is 7. The van der Waals surface area contributed by atoms with Gasteiger partial charge < -0.3 is 9.47 Å². The van der Waals surface area contributed by atoms with Gasteiger partial charge in [-0.3, -0.25) is 0 Å². The maximum Gasteiger partial charge on any atom is 0.126 e. The van der Waals surface area contributed by atoms with Crippen molar-refractivity contribution in [3.8, 4) is 11.5 Å². The van der Waals surface area contributed by atoms with Crippen LogP contribution in [0.25, 0.3) is 0 Å². The Morgan fingerprint density at radius 2 is 1.61 bits per heavy atom. The summed E-state index contributed by atoms with van der Waals surface area (Å²) in [7, 11) is 0. The molecule has 101 valence electrons. The van der Waals surface area contributed by atoms with E-state index in [9.17, 15) is 0 Å². The minimum atomic E-state index is 0.523. The summed E-state index contributed by atoms with van der Waals surface area (Å²) in [5.41, 5.74) is 1.12. The lowest BCUT2D eigenvalue weighted by atomic mass is 10.1. The molecule has 0 atom stereocenters. The van der Waals surface area contributed by atoms with Crippen LogP contribution < -0.4 is 9.47 Å². The van der Waals surface area contributed by atoms with E-state index in [-0.39, 0.29) is 0 Å². The normalized spacial score (nSPS) is 11.1. The zero-order valence-electron chi connectivity index (χ0n) is 12.2. The Kier molecular flexibility index (Phi) is 6.03. The van der Waals surface area contributed by atoms with Gasteiger partial charge in [0.25, 0.3) is 0 Å². The molecule has 2 nitrogen and oxygen atoms in total. The predicted octanol–water partition coefficient (Wildman–Crippen LogP) is 4.33. The zero-order chi connectivity index (χ0) is 13.5. The van der Waals surface area contributed by atoms with Crippen molar-refractivity contribution in [1.29, 1.82) is 0 Å². The Labute approximate surface area is 111 Å². The molecule has 0 bridgehead atoms. The molecular formula is C16H25O2. The van der Waals surface area contributed by atoms with Gasteiger partial charge in [0, 0.05) is 6.07 Å². The van der Waals surface area contributed by atoms with Gasteiger partial charge in [0.15, 0.2) is 0 Å². The highest BCUT2D eigenvalue weighted by molar-refractivity contribution is 5.44. The van der Waals surface area contributed by atoms with Crippen LogP contribution in [0.5, 0.6) is 11.5 Å². The molecule has 1 rings (SSSR count). The van der Waals surface area contributed by atoms with Gasteiger partial charge >= 0.3 is 0 Å². The molecule has 1 aromatic carbocycles. The van der Waals surface area contributed by atoms with Crippen LogP contribution in [0.15, 0.2) is 18.2 Å². The van der Waals surface area contributed by atoms with Crippen molar-refractivity contribution in [1.82, 2.24) is 0 Å². The van der Waals surface area contributed by atoms with Crippen molar-refractivity contribution in [3.05, 3.63) is 30.2 Å².